The number of benzene rings is 1. The summed E-state index contributed by atoms with van der Waals surface area (Å²) in [6, 6.07) is 7.94. The molecule has 1 aliphatic heterocycles. The van der Waals surface area contributed by atoms with Crippen molar-refractivity contribution in [1.82, 2.24) is 0 Å². The summed E-state index contributed by atoms with van der Waals surface area (Å²) in [6.07, 6.45) is 0.982. The van der Waals surface area contributed by atoms with Crippen LogP contribution in [0.1, 0.15) is 24.8 Å². The van der Waals surface area contributed by atoms with Gasteiger partial charge in [0.1, 0.15) is 0 Å². The molecule has 74 valence electrons. The second-order valence-corrected chi connectivity index (χ2v) is 3.98. The van der Waals surface area contributed by atoms with Crippen LogP contribution >= 0.6 is 11.6 Å². The van der Waals surface area contributed by atoms with E-state index < -0.39 is 0 Å². The number of rotatable bonds is 0. The van der Waals surface area contributed by atoms with Gasteiger partial charge in [0, 0.05) is 12.2 Å². The van der Waals surface area contributed by atoms with Crippen LogP contribution in [0.25, 0.3) is 0 Å². The van der Waals surface area contributed by atoms with E-state index in [1.807, 2.05) is 18.2 Å². The molecule has 0 saturated heterocycles. The lowest BCUT2D eigenvalue weighted by Gasteiger charge is -2.31. The first-order valence-corrected chi connectivity index (χ1v) is 5.14. The highest BCUT2D eigenvalue weighted by Crippen LogP contribution is 2.35. The number of nitrogens with zero attached hydrogens (tertiary/aromatic N) is 1. The Hall–Kier alpha value is -1.02. The third-order valence-electron chi connectivity index (χ3n) is 2.76. The van der Waals surface area contributed by atoms with E-state index >= 15 is 0 Å². The lowest BCUT2D eigenvalue weighted by Crippen LogP contribution is -2.32. The van der Waals surface area contributed by atoms with E-state index in [1.165, 1.54) is 5.56 Å². The summed E-state index contributed by atoms with van der Waals surface area (Å²) in [5.41, 5.74) is 2.18. The molecule has 0 N–H and O–H groups in total. The summed E-state index contributed by atoms with van der Waals surface area (Å²) in [5.74, 6) is 0.512. The van der Waals surface area contributed by atoms with E-state index in [1.54, 1.807) is 4.90 Å². The van der Waals surface area contributed by atoms with Crippen molar-refractivity contribution in [3.05, 3.63) is 29.8 Å². The zero-order chi connectivity index (χ0) is 10.1. The number of halogens is 1. The van der Waals surface area contributed by atoms with E-state index in [0.717, 1.165) is 18.7 Å². The molecule has 0 spiro atoms. The summed E-state index contributed by atoms with van der Waals surface area (Å²) in [6.45, 7) is 2.90. The van der Waals surface area contributed by atoms with Gasteiger partial charge in [0.15, 0.2) is 0 Å². The fourth-order valence-electron chi connectivity index (χ4n) is 1.93. The molecule has 1 aromatic carbocycles. The number of para-hydroxylation sites is 1. The lowest BCUT2D eigenvalue weighted by molar-refractivity contribution is 0.263. The average molecular weight is 210 g/mol. The van der Waals surface area contributed by atoms with Crippen LogP contribution in [-0.2, 0) is 0 Å². The van der Waals surface area contributed by atoms with Gasteiger partial charge in [-0.3, -0.25) is 9.69 Å². The standard InChI is InChI=1S/C11H12ClNO/c1-8-6-7-13(11(12)14)10-5-3-2-4-9(8)10/h2-5,8H,6-7H2,1H3/t8-/m1/s1. The Morgan fingerprint density at radius 1 is 1.50 bits per heavy atom. The predicted molar refractivity (Wildman–Crippen MR) is 58.1 cm³/mol. The van der Waals surface area contributed by atoms with Crippen LogP contribution in [-0.4, -0.2) is 11.9 Å². The topological polar surface area (TPSA) is 20.3 Å². The molecule has 0 unspecified atom stereocenters. The number of amides is 1. The summed E-state index contributed by atoms with van der Waals surface area (Å²) >= 11 is 5.52. The van der Waals surface area contributed by atoms with Gasteiger partial charge in [-0.15, -0.1) is 0 Å². The van der Waals surface area contributed by atoms with Gasteiger partial charge < -0.3 is 0 Å². The van der Waals surface area contributed by atoms with E-state index in [0.29, 0.717) is 5.92 Å². The minimum atomic E-state index is -0.385. The van der Waals surface area contributed by atoms with Crippen LogP contribution < -0.4 is 4.90 Å². The lowest BCUT2D eigenvalue weighted by atomic mass is 9.92. The largest absolute Gasteiger partial charge is 0.320 e. The molecule has 0 saturated carbocycles. The van der Waals surface area contributed by atoms with Crippen LogP contribution in [0.3, 0.4) is 0 Å². The van der Waals surface area contributed by atoms with E-state index in [9.17, 15) is 4.79 Å². The minimum Gasteiger partial charge on any atom is -0.299 e. The monoisotopic (exact) mass is 209 g/mol. The third-order valence-corrected chi connectivity index (χ3v) is 2.96. The molecule has 14 heavy (non-hydrogen) atoms. The molecule has 1 aliphatic rings. The van der Waals surface area contributed by atoms with Gasteiger partial charge in [0.25, 0.3) is 0 Å². The number of fused-ring (bicyclic) bond motifs is 1. The first-order valence-electron chi connectivity index (χ1n) is 4.76. The van der Waals surface area contributed by atoms with Gasteiger partial charge in [-0.2, -0.15) is 0 Å². The van der Waals surface area contributed by atoms with E-state index in [2.05, 4.69) is 13.0 Å². The maximum atomic E-state index is 11.2. The van der Waals surface area contributed by atoms with Crippen molar-refractivity contribution in [3.63, 3.8) is 0 Å². The molecule has 2 rings (SSSR count). The van der Waals surface area contributed by atoms with Gasteiger partial charge in [0.05, 0.1) is 0 Å². The number of hydrogen-bond acceptors (Lipinski definition) is 1. The maximum absolute atomic E-state index is 11.2. The van der Waals surface area contributed by atoms with E-state index in [4.69, 9.17) is 11.6 Å². The van der Waals surface area contributed by atoms with Gasteiger partial charge in [-0.1, -0.05) is 25.1 Å². The van der Waals surface area contributed by atoms with Gasteiger partial charge in [-0.25, -0.2) is 0 Å². The van der Waals surface area contributed by atoms with Crippen molar-refractivity contribution in [1.29, 1.82) is 0 Å². The van der Waals surface area contributed by atoms with Crippen molar-refractivity contribution in [2.24, 2.45) is 0 Å². The SMILES string of the molecule is C[C@@H]1CCN(C(=O)Cl)c2ccccc21. The average Bonchev–Trinajstić information content (AvgIpc) is 2.18. The molecule has 1 aromatic rings. The normalized spacial score (nSPS) is 20.4. The second kappa shape index (κ2) is 3.62. The molecule has 0 radical (unpaired) electrons. The van der Waals surface area contributed by atoms with E-state index in [-0.39, 0.29) is 5.37 Å². The zero-order valence-electron chi connectivity index (χ0n) is 8.03. The smallest absolute Gasteiger partial charge is 0.299 e. The van der Waals surface area contributed by atoms with Gasteiger partial charge >= 0.3 is 5.37 Å². The molecule has 0 fully saturated rings. The predicted octanol–water partition coefficient (Wildman–Crippen LogP) is 3.36. The second-order valence-electron chi connectivity index (χ2n) is 3.65. The Bertz CT molecular complexity index is 364. The molecule has 1 amide bonds. The van der Waals surface area contributed by atoms with Crippen molar-refractivity contribution in [2.45, 2.75) is 19.3 Å². The minimum absolute atomic E-state index is 0.385. The molecular weight excluding hydrogens is 198 g/mol. The first kappa shape index (κ1) is 9.53. The van der Waals surface area contributed by atoms with Crippen molar-refractivity contribution >= 4 is 22.7 Å². The van der Waals surface area contributed by atoms with Crippen LogP contribution in [0.4, 0.5) is 10.5 Å². The van der Waals surface area contributed by atoms with Crippen LogP contribution in [0, 0.1) is 0 Å². The third kappa shape index (κ3) is 1.50. The quantitative estimate of drug-likeness (QED) is 0.474. The van der Waals surface area contributed by atoms with Crippen LogP contribution in [0.2, 0.25) is 0 Å². The Labute approximate surface area is 88.5 Å². The number of anilines is 1. The molecule has 1 heterocycles. The maximum Gasteiger partial charge on any atom is 0.320 e. The first-order chi connectivity index (χ1) is 6.70. The highest BCUT2D eigenvalue weighted by molar-refractivity contribution is 6.66. The van der Waals surface area contributed by atoms with Crippen molar-refractivity contribution < 1.29 is 4.79 Å². The summed E-state index contributed by atoms with van der Waals surface area (Å²) < 4.78 is 0. The number of carbonyl (C=O) groups excluding carboxylic acids is 1. The Morgan fingerprint density at radius 2 is 2.21 bits per heavy atom. The summed E-state index contributed by atoms with van der Waals surface area (Å²) in [5, 5.41) is -0.385. The number of hydrogen-bond donors (Lipinski definition) is 0. The highest BCUT2D eigenvalue weighted by atomic mass is 35.5. The fraction of sp³-hybridized carbons (Fsp3) is 0.364. The zero-order valence-corrected chi connectivity index (χ0v) is 8.79. The Morgan fingerprint density at radius 3 is 2.93 bits per heavy atom. The van der Waals surface area contributed by atoms with Crippen molar-refractivity contribution in [2.75, 3.05) is 11.4 Å². The molecular formula is C11H12ClNO. The highest BCUT2D eigenvalue weighted by Gasteiger charge is 2.24. The van der Waals surface area contributed by atoms with Crippen LogP contribution in [0.15, 0.2) is 24.3 Å². The Kier molecular flexibility index (Phi) is 2.46. The molecule has 0 aromatic heterocycles. The fourth-order valence-corrected chi connectivity index (χ4v) is 2.11. The van der Waals surface area contributed by atoms with Gasteiger partial charge in [-0.05, 0) is 35.6 Å². The Balaban J connectivity index is 2.46. The molecule has 3 heteroatoms. The molecule has 0 aliphatic carbocycles. The van der Waals surface area contributed by atoms with Crippen molar-refractivity contribution in [3.8, 4) is 0 Å². The molecule has 0 bridgehead atoms. The summed E-state index contributed by atoms with van der Waals surface area (Å²) in [7, 11) is 0. The van der Waals surface area contributed by atoms with Gasteiger partial charge in [0.2, 0.25) is 0 Å². The molecule has 2 nitrogen and oxygen atoms in total. The summed E-state index contributed by atoms with van der Waals surface area (Å²) in [4.78, 5) is 12.8. The molecule has 1 atom stereocenters. The van der Waals surface area contributed by atoms with Crippen LogP contribution in [0.5, 0.6) is 0 Å². The number of carbonyl (C=O) groups is 1.